The van der Waals surface area contributed by atoms with Gasteiger partial charge in [0.25, 0.3) is 0 Å². The van der Waals surface area contributed by atoms with Crippen LogP contribution in [0.4, 0.5) is 5.95 Å². The summed E-state index contributed by atoms with van der Waals surface area (Å²) in [5.74, 6) is 0.345. The summed E-state index contributed by atoms with van der Waals surface area (Å²) in [6, 6.07) is 17.0. The molecule has 1 aromatic heterocycles. The Morgan fingerprint density at radius 3 is 2.56 bits per heavy atom. The highest BCUT2D eigenvalue weighted by atomic mass is 35.5. The van der Waals surface area contributed by atoms with E-state index in [9.17, 15) is 4.79 Å². The first-order valence-corrected chi connectivity index (χ1v) is 8.24. The Morgan fingerprint density at radius 2 is 1.84 bits per heavy atom. The van der Waals surface area contributed by atoms with Gasteiger partial charge in [0.2, 0.25) is 11.9 Å². The molecular formula is C19H23ClN4O. The Bertz CT molecular complexity index is 832. The Morgan fingerprint density at radius 1 is 1.16 bits per heavy atom. The van der Waals surface area contributed by atoms with Gasteiger partial charge in [-0.3, -0.25) is 10.1 Å². The lowest BCUT2D eigenvalue weighted by atomic mass is 10.1. The van der Waals surface area contributed by atoms with Gasteiger partial charge in [0, 0.05) is 6.54 Å². The summed E-state index contributed by atoms with van der Waals surface area (Å²) >= 11 is 0. The normalized spacial score (nSPS) is 11.8. The number of nitrogens with zero attached hydrogens (tertiary/aromatic N) is 2. The number of anilines is 1. The number of hydrogen-bond donors (Lipinski definition) is 2. The zero-order valence-electron chi connectivity index (χ0n) is 14.2. The van der Waals surface area contributed by atoms with E-state index in [0.717, 1.165) is 29.6 Å². The van der Waals surface area contributed by atoms with E-state index in [0.29, 0.717) is 12.4 Å². The number of halogens is 1. The first kappa shape index (κ1) is 19.0. The molecule has 132 valence electrons. The molecule has 0 spiro atoms. The van der Waals surface area contributed by atoms with Crippen LogP contribution in [0.2, 0.25) is 0 Å². The Hall–Kier alpha value is -2.37. The Kier molecular flexibility index (Phi) is 6.56. The van der Waals surface area contributed by atoms with Crippen LogP contribution < -0.4 is 11.1 Å². The summed E-state index contributed by atoms with van der Waals surface area (Å²) in [7, 11) is 0. The number of carbonyl (C=O) groups excluding carboxylic acids is 1. The molecule has 0 saturated carbocycles. The predicted octanol–water partition coefficient (Wildman–Crippen LogP) is 3.38. The van der Waals surface area contributed by atoms with Gasteiger partial charge < -0.3 is 10.3 Å². The zero-order chi connectivity index (χ0) is 16.9. The lowest BCUT2D eigenvalue weighted by Gasteiger charge is -2.13. The van der Waals surface area contributed by atoms with Crippen molar-refractivity contribution in [2.24, 2.45) is 5.73 Å². The molecule has 0 aliphatic heterocycles. The number of rotatable bonds is 6. The van der Waals surface area contributed by atoms with Crippen LogP contribution in [0.5, 0.6) is 0 Å². The molecule has 1 unspecified atom stereocenters. The topological polar surface area (TPSA) is 72.9 Å². The number of hydrogen-bond acceptors (Lipinski definition) is 3. The SMILES string of the molecule is CCCn1c(NC(=O)C(N)Cc2ccccc2)nc2ccccc21.Cl. The Labute approximate surface area is 153 Å². The van der Waals surface area contributed by atoms with E-state index in [-0.39, 0.29) is 18.3 Å². The van der Waals surface area contributed by atoms with Crippen LogP contribution >= 0.6 is 12.4 Å². The van der Waals surface area contributed by atoms with Gasteiger partial charge in [-0.1, -0.05) is 49.4 Å². The first-order valence-electron chi connectivity index (χ1n) is 8.24. The van der Waals surface area contributed by atoms with E-state index in [1.54, 1.807) is 0 Å². The number of carbonyl (C=O) groups is 1. The monoisotopic (exact) mass is 358 g/mol. The maximum Gasteiger partial charge on any atom is 0.243 e. The van der Waals surface area contributed by atoms with E-state index >= 15 is 0 Å². The number of nitrogens with one attached hydrogen (secondary N) is 1. The zero-order valence-corrected chi connectivity index (χ0v) is 15.0. The van der Waals surface area contributed by atoms with Crippen molar-refractivity contribution in [3.05, 3.63) is 60.2 Å². The van der Waals surface area contributed by atoms with Crippen molar-refractivity contribution in [1.82, 2.24) is 9.55 Å². The number of aryl methyl sites for hydroxylation is 1. The van der Waals surface area contributed by atoms with E-state index in [1.165, 1.54) is 0 Å². The smallest absolute Gasteiger partial charge is 0.243 e. The molecule has 3 aromatic rings. The van der Waals surface area contributed by atoms with Crippen LogP contribution in [0.15, 0.2) is 54.6 Å². The van der Waals surface area contributed by atoms with Crippen molar-refractivity contribution in [1.29, 1.82) is 0 Å². The summed E-state index contributed by atoms with van der Waals surface area (Å²) < 4.78 is 2.03. The fraction of sp³-hybridized carbons (Fsp3) is 0.263. The van der Waals surface area contributed by atoms with Crippen LogP contribution in [0, 0.1) is 0 Å². The number of fused-ring (bicyclic) bond motifs is 1. The summed E-state index contributed by atoms with van der Waals surface area (Å²) in [4.78, 5) is 17.0. The molecule has 0 fully saturated rings. The van der Waals surface area contributed by atoms with Crippen molar-refractivity contribution in [2.45, 2.75) is 32.4 Å². The number of nitrogens with two attached hydrogens (primary N) is 1. The number of imidazole rings is 1. The van der Waals surface area contributed by atoms with Crippen LogP contribution in [-0.4, -0.2) is 21.5 Å². The van der Waals surface area contributed by atoms with Crippen molar-refractivity contribution in [2.75, 3.05) is 5.32 Å². The highest BCUT2D eigenvalue weighted by Crippen LogP contribution is 2.20. The van der Waals surface area contributed by atoms with Gasteiger partial charge in [0.1, 0.15) is 0 Å². The van der Waals surface area contributed by atoms with Crippen LogP contribution in [0.1, 0.15) is 18.9 Å². The Balaban J connectivity index is 0.00000225. The average molecular weight is 359 g/mol. The summed E-state index contributed by atoms with van der Waals surface area (Å²) in [5.41, 5.74) is 9.00. The van der Waals surface area contributed by atoms with Gasteiger partial charge in [-0.15, -0.1) is 12.4 Å². The lowest BCUT2D eigenvalue weighted by Crippen LogP contribution is -2.38. The number of para-hydroxylation sites is 2. The van der Waals surface area contributed by atoms with Crippen molar-refractivity contribution < 1.29 is 4.79 Å². The number of amides is 1. The highest BCUT2D eigenvalue weighted by molar-refractivity contribution is 5.95. The maximum absolute atomic E-state index is 12.5. The molecule has 2 aromatic carbocycles. The fourth-order valence-corrected chi connectivity index (χ4v) is 2.78. The van der Waals surface area contributed by atoms with Crippen LogP contribution in [0.3, 0.4) is 0 Å². The van der Waals surface area contributed by atoms with Gasteiger partial charge in [0.05, 0.1) is 17.1 Å². The minimum atomic E-state index is -0.609. The number of benzene rings is 2. The molecule has 25 heavy (non-hydrogen) atoms. The summed E-state index contributed by atoms with van der Waals surface area (Å²) in [6.45, 7) is 2.89. The lowest BCUT2D eigenvalue weighted by molar-refractivity contribution is -0.117. The molecule has 1 amide bonds. The second-order valence-electron chi connectivity index (χ2n) is 5.86. The minimum Gasteiger partial charge on any atom is -0.320 e. The number of aromatic nitrogens is 2. The van der Waals surface area contributed by atoms with E-state index < -0.39 is 6.04 Å². The molecule has 1 atom stereocenters. The van der Waals surface area contributed by atoms with Crippen LogP contribution in [0.25, 0.3) is 11.0 Å². The molecule has 0 radical (unpaired) electrons. The minimum absolute atomic E-state index is 0. The summed E-state index contributed by atoms with van der Waals surface area (Å²) in [6.07, 6.45) is 1.46. The van der Waals surface area contributed by atoms with Crippen LogP contribution in [-0.2, 0) is 17.8 Å². The van der Waals surface area contributed by atoms with Gasteiger partial charge in [0.15, 0.2) is 0 Å². The predicted molar refractivity (Wildman–Crippen MR) is 104 cm³/mol. The third-order valence-corrected chi connectivity index (χ3v) is 3.97. The first-order chi connectivity index (χ1) is 11.7. The third-order valence-electron chi connectivity index (χ3n) is 3.97. The molecule has 6 heteroatoms. The highest BCUT2D eigenvalue weighted by Gasteiger charge is 2.18. The quantitative estimate of drug-likeness (QED) is 0.709. The van der Waals surface area contributed by atoms with E-state index in [2.05, 4.69) is 17.2 Å². The van der Waals surface area contributed by atoms with Crippen molar-refractivity contribution in [3.8, 4) is 0 Å². The van der Waals surface area contributed by atoms with Gasteiger partial charge in [-0.2, -0.15) is 0 Å². The van der Waals surface area contributed by atoms with Gasteiger partial charge >= 0.3 is 0 Å². The molecule has 3 N–H and O–H groups in total. The van der Waals surface area contributed by atoms with Crippen molar-refractivity contribution >= 4 is 35.3 Å². The van der Waals surface area contributed by atoms with E-state index in [1.807, 2.05) is 59.2 Å². The summed E-state index contributed by atoms with van der Waals surface area (Å²) in [5, 5.41) is 2.89. The van der Waals surface area contributed by atoms with E-state index in [4.69, 9.17) is 5.73 Å². The largest absolute Gasteiger partial charge is 0.320 e. The molecule has 5 nitrogen and oxygen atoms in total. The third kappa shape index (κ3) is 4.38. The standard InChI is InChI=1S/C19H22N4O.ClH/c1-2-12-23-17-11-7-6-10-16(17)21-19(23)22-18(24)15(20)13-14-8-4-3-5-9-14;/h3-11,15H,2,12-13,20H2,1H3,(H,21,22,24);1H. The van der Waals surface area contributed by atoms with Gasteiger partial charge in [-0.05, 0) is 30.5 Å². The molecule has 0 aliphatic rings. The average Bonchev–Trinajstić information content (AvgIpc) is 2.94. The maximum atomic E-state index is 12.5. The van der Waals surface area contributed by atoms with Crippen molar-refractivity contribution in [3.63, 3.8) is 0 Å². The molecule has 0 bridgehead atoms. The molecule has 0 aliphatic carbocycles. The molecule has 0 saturated heterocycles. The molecule has 3 rings (SSSR count). The molecular weight excluding hydrogens is 336 g/mol. The second kappa shape index (κ2) is 8.65. The molecule has 1 heterocycles. The fourth-order valence-electron chi connectivity index (χ4n) is 2.78. The second-order valence-corrected chi connectivity index (χ2v) is 5.86. The van der Waals surface area contributed by atoms with Gasteiger partial charge in [-0.25, -0.2) is 4.98 Å².